The third-order valence-electron chi connectivity index (χ3n) is 7.34. The number of nitrogens with zero attached hydrogens (tertiary/aromatic N) is 4. The lowest BCUT2D eigenvalue weighted by Crippen LogP contribution is -2.39. The summed E-state index contributed by atoms with van der Waals surface area (Å²) in [6.07, 6.45) is 7.86. The van der Waals surface area contributed by atoms with Gasteiger partial charge in [-0.15, -0.1) is 0 Å². The third-order valence-corrected chi connectivity index (χ3v) is 7.34. The van der Waals surface area contributed by atoms with Crippen molar-refractivity contribution in [1.82, 2.24) is 24.6 Å². The molecule has 9 heteroatoms. The van der Waals surface area contributed by atoms with Crippen molar-refractivity contribution < 1.29 is 19.0 Å². The number of methoxy groups -OCH3 is 1. The molecule has 0 aliphatic heterocycles. The summed E-state index contributed by atoms with van der Waals surface area (Å²) in [6, 6.07) is 8.42. The molecule has 35 heavy (non-hydrogen) atoms. The van der Waals surface area contributed by atoms with Crippen LogP contribution in [0.1, 0.15) is 37.3 Å². The maximum atomic E-state index is 13.8. The molecule has 1 aliphatic rings. The molecule has 0 spiro atoms. The van der Waals surface area contributed by atoms with Crippen LogP contribution < -0.4 is 0 Å². The summed E-state index contributed by atoms with van der Waals surface area (Å²) in [4.78, 5) is 24.8. The number of hydrogen-bond acceptors (Lipinski definition) is 5. The zero-order valence-electron chi connectivity index (χ0n) is 19.2. The van der Waals surface area contributed by atoms with Gasteiger partial charge in [0.2, 0.25) is 0 Å². The van der Waals surface area contributed by atoms with Crippen LogP contribution in [0.25, 0.3) is 38.7 Å². The van der Waals surface area contributed by atoms with Gasteiger partial charge < -0.3 is 14.8 Å². The van der Waals surface area contributed by atoms with E-state index in [9.17, 15) is 14.3 Å². The molecule has 0 saturated heterocycles. The first-order valence-electron chi connectivity index (χ1n) is 11.6. The first kappa shape index (κ1) is 21.7. The van der Waals surface area contributed by atoms with Crippen molar-refractivity contribution in [2.75, 3.05) is 13.7 Å². The van der Waals surface area contributed by atoms with Crippen LogP contribution in [0, 0.1) is 11.2 Å². The predicted molar refractivity (Wildman–Crippen MR) is 129 cm³/mol. The van der Waals surface area contributed by atoms with Gasteiger partial charge >= 0.3 is 5.97 Å². The SMILES string of the molecule is COCC1(C(=O)O)CCC(c2nc3c(-c4cnc5ccc(F)cc5c4)cnn3c3[nH]ccc23)CC1. The van der Waals surface area contributed by atoms with Crippen LogP contribution in [0.5, 0.6) is 0 Å². The van der Waals surface area contributed by atoms with Crippen molar-refractivity contribution in [1.29, 1.82) is 0 Å². The number of carbonyl (C=O) groups is 1. The second-order valence-electron chi connectivity index (χ2n) is 9.38. The molecule has 1 aromatic carbocycles. The summed E-state index contributed by atoms with van der Waals surface area (Å²) in [5.41, 5.74) is 3.93. The van der Waals surface area contributed by atoms with Crippen molar-refractivity contribution in [2.45, 2.75) is 31.6 Å². The molecule has 1 fully saturated rings. The van der Waals surface area contributed by atoms with Gasteiger partial charge in [0.1, 0.15) is 11.5 Å². The highest BCUT2D eigenvalue weighted by Gasteiger charge is 2.43. The number of aromatic amines is 1. The number of aliphatic carboxylic acids is 1. The first-order chi connectivity index (χ1) is 17.0. The highest BCUT2D eigenvalue weighted by Crippen LogP contribution is 2.45. The fourth-order valence-electron chi connectivity index (χ4n) is 5.43. The number of pyridine rings is 1. The molecule has 0 bridgehead atoms. The lowest BCUT2D eigenvalue weighted by atomic mass is 9.70. The summed E-state index contributed by atoms with van der Waals surface area (Å²) in [7, 11) is 1.55. The van der Waals surface area contributed by atoms with Crippen LogP contribution >= 0.6 is 0 Å². The fourth-order valence-corrected chi connectivity index (χ4v) is 5.43. The molecule has 8 nitrogen and oxygen atoms in total. The summed E-state index contributed by atoms with van der Waals surface area (Å²) in [6.45, 7) is 0.212. The van der Waals surface area contributed by atoms with Gasteiger partial charge in [0, 0.05) is 47.3 Å². The molecule has 0 amide bonds. The zero-order valence-corrected chi connectivity index (χ0v) is 19.2. The predicted octanol–water partition coefficient (Wildman–Crippen LogP) is 4.94. The van der Waals surface area contributed by atoms with Gasteiger partial charge in [-0.3, -0.25) is 9.78 Å². The molecular formula is C26H24FN5O3. The van der Waals surface area contributed by atoms with Gasteiger partial charge in [-0.2, -0.15) is 9.61 Å². The van der Waals surface area contributed by atoms with E-state index in [-0.39, 0.29) is 18.3 Å². The maximum Gasteiger partial charge on any atom is 0.311 e. The van der Waals surface area contributed by atoms with Gasteiger partial charge in [-0.1, -0.05) is 0 Å². The van der Waals surface area contributed by atoms with Crippen LogP contribution in [0.3, 0.4) is 0 Å². The molecule has 1 saturated carbocycles. The normalized spacial score (nSPS) is 20.7. The minimum Gasteiger partial charge on any atom is -0.481 e. The molecule has 4 aromatic heterocycles. The van der Waals surface area contributed by atoms with E-state index in [1.54, 1.807) is 30.1 Å². The second-order valence-corrected chi connectivity index (χ2v) is 9.38. The minimum absolute atomic E-state index is 0.120. The molecule has 5 aromatic rings. The molecule has 2 N–H and O–H groups in total. The highest BCUT2D eigenvalue weighted by atomic mass is 19.1. The van der Waals surface area contributed by atoms with E-state index in [0.29, 0.717) is 42.2 Å². The standard InChI is InChI=1S/C26H24FN5O3/c1-35-14-26(25(33)34)7-4-15(5-8-26)22-19-6-9-28-23(19)32-24(31-22)20(13-30-32)17-10-16-11-18(27)2-3-21(16)29-12-17/h2-3,6,9-13,15,28H,4-5,7-8,14H2,1H3,(H,33,34). The Bertz CT molecular complexity index is 1580. The van der Waals surface area contributed by atoms with Gasteiger partial charge in [0.15, 0.2) is 5.65 Å². The smallest absolute Gasteiger partial charge is 0.311 e. The van der Waals surface area contributed by atoms with Gasteiger partial charge in [-0.05, 0) is 56.0 Å². The van der Waals surface area contributed by atoms with Crippen molar-refractivity contribution >= 4 is 33.6 Å². The minimum atomic E-state index is -0.847. The van der Waals surface area contributed by atoms with Crippen LogP contribution in [-0.2, 0) is 9.53 Å². The topological polar surface area (TPSA) is 105 Å². The number of carboxylic acids is 1. The van der Waals surface area contributed by atoms with E-state index in [4.69, 9.17) is 9.72 Å². The third kappa shape index (κ3) is 3.46. The van der Waals surface area contributed by atoms with Crippen molar-refractivity contribution in [3.63, 3.8) is 0 Å². The lowest BCUT2D eigenvalue weighted by molar-refractivity contribution is -0.155. The Balaban J connectivity index is 1.44. The van der Waals surface area contributed by atoms with E-state index < -0.39 is 11.4 Å². The zero-order chi connectivity index (χ0) is 24.2. The van der Waals surface area contributed by atoms with Crippen LogP contribution in [0.15, 0.2) is 48.9 Å². The van der Waals surface area contributed by atoms with E-state index in [0.717, 1.165) is 27.9 Å². The number of rotatable bonds is 5. The van der Waals surface area contributed by atoms with Gasteiger partial charge in [0.05, 0.1) is 29.4 Å². The van der Waals surface area contributed by atoms with Crippen LogP contribution in [-0.4, -0.2) is 49.4 Å². The Labute approximate surface area is 199 Å². The number of carboxylic acid groups (broad SMARTS) is 1. The summed E-state index contributed by atoms with van der Waals surface area (Å²) in [5.74, 6) is -0.992. The molecule has 6 rings (SSSR count). The monoisotopic (exact) mass is 473 g/mol. The molecular weight excluding hydrogens is 449 g/mol. The molecule has 0 radical (unpaired) electrons. The molecule has 0 unspecified atom stereocenters. The summed E-state index contributed by atoms with van der Waals surface area (Å²) >= 11 is 0. The fraction of sp³-hybridized carbons (Fsp3) is 0.308. The molecule has 0 atom stereocenters. The number of H-pyrrole nitrogens is 1. The Morgan fingerprint density at radius 2 is 2.09 bits per heavy atom. The number of nitrogens with one attached hydrogen (secondary N) is 1. The van der Waals surface area contributed by atoms with E-state index >= 15 is 0 Å². The summed E-state index contributed by atoms with van der Waals surface area (Å²) < 4.78 is 20.8. The Morgan fingerprint density at radius 3 is 2.86 bits per heavy atom. The van der Waals surface area contributed by atoms with E-state index in [2.05, 4.69) is 15.1 Å². The number of benzene rings is 1. The number of hydrogen-bond donors (Lipinski definition) is 2. The van der Waals surface area contributed by atoms with Crippen LogP contribution in [0.4, 0.5) is 4.39 Å². The molecule has 1 aliphatic carbocycles. The van der Waals surface area contributed by atoms with Crippen molar-refractivity contribution in [3.05, 3.63) is 60.4 Å². The second kappa shape index (κ2) is 8.13. The van der Waals surface area contributed by atoms with Crippen molar-refractivity contribution in [2.24, 2.45) is 5.41 Å². The van der Waals surface area contributed by atoms with Gasteiger partial charge in [-0.25, -0.2) is 9.37 Å². The average molecular weight is 474 g/mol. The van der Waals surface area contributed by atoms with Crippen molar-refractivity contribution in [3.8, 4) is 11.1 Å². The number of fused-ring (bicyclic) bond motifs is 4. The number of halogens is 1. The summed E-state index contributed by atoms with van der Waals surface area (Å²) in [5, 5.41) is 16.1. The van der Waals surface area contributed by atoms with E-state index in [1.807, 2.05) is 18.3 Å². The quantitative estimate of drug-likeness (QED) is 0.375. The molecule has 178 valence electrons. The average Bonchev–Trinajstić information content (AvgIpc) is 3.51. The van der Waals surface area contributed by atoms with Crippen LogP contribution in [0.2, 0.25) is 0 Å². The van der Waals surface area contributed by atoms with Gasteiger partial charge in [0.25, 0.3) is 0 Å². The number of aromatic nitrogens is 5. The van der Waals surface area contributed by atoms with E-state index in [1.165, 1.54) is 12.1 Å². The Morgan fingerprint density at radius 1 is 1.26 bits per heavy atom. The maximum absolute atomic E-state index is 13.8. The Kier molecular flexibility index (Phi) is 5.03. The molecule has 4 heterocycles. The lowest BCUT2D eigenvalue weighted by Gasteiger charge is -2.36. The largest absolute Gasteiger partial charge is 0.481 e. The highest BCUT2D eigenvalue weighted by molar-refractivity contribution is 5.89. The number of ether oxygens (including phenoxy) is 1. The first-order valence-corrected chi connectivity index (χ1v) is 11.6. The Hall–Kier alpha value is -3.85.